The molecule has 0 heterocycles. The molecule has 0 saturated heterocycles. The van der Waals surface area contributed by atoms with E-state index in [1.807, 2.05) is 19.0 Å². The number of nitrogens with zero attached hydrogens (tertiary/aromatic N) is 2. The summed E-state index contributed by atoms with van der Waals surface area (Å²) < 4.78 is 11.9. The summed E-state index contributed by atoms with van der Waals surface area (Å²) in [5, 5.41) is 0. The minimum absolute atomic E-state index is 0.209. The van der Waals surface area contributed by atoms with Crippen molar-refractivity contribution in [3.05, 3.63) is 24.3 Å². The first-order valence-electron chi connectivity index (χ1n) is 22.0. The van der Waals surface area contributed by atoms with Crippen LogP contribution < -0.4 is 4.90 Å². The third-order valence-electron chi connectivity index (χ3n) is 9.74. The summed E-state index contributed by atoms with van der Waals surface area (Å²) in [6, 6.07) is 0. The molecule has 0 bridgehead atoms. The molecule has 0 aromatic heterocycles. The summed E-state index contributed by atoms with van der Waals surface area (Å²) in [6.07, 6.45) is 47.1. The summed E-state index contributed by atoms with van der Waals surface area (Å²) in [5.41, 5.74) is 0. The Morgan fingerprint density at radius 1 is 0.460 bits per heavy atom. The van der Waals surface area contributed by atoms with E-state index >= 15 is 0 Å². The molecular formula is C45H88N2O3+. The molecule has 0 aromatic rings. The van der Waals surface area contributed by atoms with Crippen LogP contribution in [-0.2, 0) is 14.3 Å². The summed E-state index contributed by atoms with van der Waals surface area (Å²) in [6.45, 7) is 9.51. The normalized spacial score (nSPS) is 12.1. The van der Waals surface area contributed by atoms with Crippen LogP contribution in [0.2, 0.25) is 0 Å². The molecule has 5 heteroatoms. The number of hydrogen-bond acceptors (Lipinski definition) is 4. The molecule has 0 aliphatic heterocycles. The lowest BCUT2D eigenvalue weighted by molar-refractivity contribution is -0.127. The summed E-state index contributed by atoms with van der Waals surface area (Å²) in [4.78, 5) is 16.9. The number of ether oxygens (including phenoxy) is 2. The van der Waals surface area contributed by atoms with Crippen LogP contribution in [-0.4, -0.2) is 71.0 Å². The molecule has 0 aliphatic carbocycles. The molecule has 0 fully saturated rings. The van der Waals surface area contributed by atoms with Gasteiger partial charge in [0, 0.05) is 19.8 Å². The largest absolute Gasteiger partial charge is 0.375 e. The second-order valence-electron chi connectivity index (χ2n) is 15.0. The van der Waals surface area contributed by atoms with Crippen LogP contribution in [0.15, 0.2) is 24.3 Å². The number of rotatable bonds is 41. The van der Waals surface area contributed by atoms with E-state index in [0.29, 0.717) is 32.7 Å². The highest BCUT2D eigenvalue weighted by Gasteiger charge is 2.25. The standard InChI is InChI=1S/C45H88N2O3/c1-5-7-9-11-13-15-17-19-21-23-25-27-29-31-33-35-41-49-43-39-47(45(48)37-38-46(3)4)40-44-50-42-36-34-32-30-28-26-24-22-20-18-16-14-12-10-8-6-2/h19-22H,5-18,23-44H2,1-4H3/q+1/b21-19-,22-20-. The third kappa shape index (κ3) is 39.8. The Labute approximate surface area is 313 Å². The molecule has 0 aliphatic rings. The topological polar surface area (TPSA) is 44.7 Å². The number of hydrogen-bond donors (Lipinski definition) is 0. The van der Waals surface area contributed by atoms with Crippen molar-refractivity contribution in [2.45, 2.75) is 200 Å². The van der Waals surface area contributed by atoms with Gasteiger partial charge in [0.15, 0.2) is 13.1 Å². The number of unbranched alkanes of at least 4 members (excludes halogenated alkanes) is 24. The van der Waals surface area contributed by atoms with Gasteiger partial charge in [0.25, 0.3) is 0 Å². The highest BCUT2D eigenvalue weighted by molar-refractivity contribution is 5.78. The van der Waals surface area contributed by atoms with Gasteiger partial charge in [-0.15, -0.1) is 0 Å². The number of carbonyl (C=O) groups is 1. The number of allylic oxidation sites excluding steroid dienone is 4. The van der Waals surface area contributed by atoms with Crippen molar-refractivity contribution in [3.8, 4) is 0 Å². The van der Waals surface area contributed by atoms with E-state index in [4.69, 9.17) is 9.47 Å². The van der Waals surface area contributed by atoms with Gasteiger partial charge in [-0.05, 0) is 78.3 Å². The van der Waals surface area contributed by atoms with Gasteiger partial charge in [-0.3, -0.25) is 0 Å². The molecule has 0 atom stereocenters. The summed E-state index contributed by atoms with van der Waals surface area (Å²) in [5.74, 6) is 0.209. The van der Waals surface area contributed by atoms with Gasteiger partial charge in [-0.25, -0.2) is 4.79 Å². The van der Waals surface area contributed by atoms with Gasteiger partial charge in [-0.2, -0.15) is 0 Å². The molecule has 0 aromatic carbocycles. The fraction of sp³-hybridized carbons (Fsp3) is 0.889. The Hall–Kier alpha value is -1.01. The number of amides is 1. The third-order valence-corrected chi connectivity index (χ3v) is 9.74. The SMILES string of the molecule is CCCCCCCC/C=C\CCCCCCCCOCC[N+](CCOCCCCCCCC/C=C\CCCCCCCC)C(=O)CCN(C)C. The molecule has 50 heavy (non-hydrogen) atoms. The first-order valence-corrected chi connectivity index (χ1v) is 22.0. The predicted molar refractivity (Wildman–Crippen MR) is 221 cm³/mol. The first-order chi connectivity index (χ1) is 24.6. The van der Waals surface area contributed by atoms with E-state index in [2.05, 4.69) is 43.1 Å². The predicted octanol–water partition coefficient (Wildman–Crippen LogP) is 12.7. The lowest BCUT2D eigenvalue weighted by atomic mass is 10.1. The van der Waals surface area contributed by atoms with Crippen LogP contribution >= 0.6 is 0 Å². The minimum Gasteiger partial charge on any atom is -0.375 e. The Morgan fingerprint density at radius 2 is 0.780 bits per heavy atom. The second kappa shape index (κ2) is 42.4. The monoisotopic (exact) mass is 705 g/mol. The van der Waals surface area contributed by atoms with Crippen molar-refractivity contribution in [1.82, 2.24) is 9.80 Å². The van der Waals surface area contributed by atoms with Crippen LogP contribution in [0.1, 0.15) is 200 Å². The lowest BCUT2D eigenvalue weighted by Crippen LogP contribution is -2.43. The van der Waals surface area contributed by atoms with Crippen LogP contribution in [0.4, 0.5) is 0 Å². The highest BCUT2D eigenvalue weighted by atomic mass is 16.5. The molecule has 0 rings (SSSR count). The minimum atomic E-state index is 0.209. The zero-order chi connectivity index (χ0) is 36.4. The molecule has 1 amide bonds. The van der Waals surface area contributed by atoms with E-state index in [9.17, 15) is 4.79 Å². The van der Waals surface area contributed by atoms with Gasteiger partial charge >= 0.3 is 5.91 Å². The Balaban J connectivity index is 3.76. The Bertz CT molecular complexity index is 675. The Morgan fingerprint density at radius 3 is 1.12 bits per heavy atom. The maximum atomic E-state index is 12.9. The van der Waals surface area contributed by atoms with Gasteiger partial charge in [0.1, 0.15) is 13.2 Å². The van der Waals surface area contributed by atoms with Crippen molar-refractivity contribution >= 4 is 5.91 Å². The Kier molecular flexibility index (Phi) is 41.5. The van der Waals surface area contributed by atoms with E-state index < -0.39 is 0 Å². The fourth-order valence-electron chi connectivity index (χ4n) is 6.30. The molecule has 0 unspecified atom stereocenters. The second-order valence-corrected chi connectivity index (χ2v) is 15.0. The zero-order valence-corrected chi connectivity index (χ0v) is 34.4. The van der Waals surface area contributed by atoms with E-state index in [-0.39, 0.29) is 5.91 Å². The van der Waals surface area contributed by atoms with E-state index in [0.717, 1.165) is 32.6 Å². The van der Waals surface area contributed by atoms with Gasteiger partial charge in [-0.1, -0.05) is 159 Å². The zero-order valence-electron chi connectivity index (χ0n) is 34.4. The smallest absolute Gasteiger partial charge is 0.362 e. The molecule has 1 radical (unpaired) electrons. The average molecular weight is 705 g/mol. The van der Waals surface area contributed by atoms with E-state index in [1.165, 1.54) is 167 Å². The maximum Gasteiger partial charge on any atom is 0.362 e. The molecule has 5 nitrogen and oxygen atoms in total. The van der Waals surface area contributed by atoms with Crippen molar-refractivity contribution in [2.24, 2.45) is 0 Å². The molecule has 295 valence electrons. The van der Waals surface area contributed by atoms with Crippen molar-refractivity contribution < 1.29 is 14.3 Å². The van der Waals surface area contributed by atoms with Gasteiger partial charge in [0.2, 0.25) is 0 Å². The van der Waals surface area contributed by atoms with Crippen LogP contribution in [0.3, 0.4) is 0 Å². The van der Waals surface area contributed by atoms with Gasteiger partial charge < -0.3 is 14.4 Å². The molecular weight excluding hydrogens is 617 g/mol. The van der Waals surface area contributed by atoms with Crippen LogP contribution in [0.25, 0.3) is 0 Å². The van der Waals surface area contributed by atoms with Crippen LogP contribution in [0.5, 0.6) is 0 Å². The highest BCUT2D eigenvalue weighted by Crippen LogP contribution is 2.12. The van der Waals surface area contributed by atoms with E-state index in [1.54, 1.807) is 0 Å². The van der Waals surface area contributed by atoms with Crippen molar-refractivity contribution in [3.63, 3.8) is 0 Å². The lowest BCUT2D eigenvalue weighted by Gasteiger charge is -2.13. The molecule has 0 N–H and O–H groups in total. The van der Waals surface area contributed by atoms with Crippen molar-refractivity contribution in [1.29, 1.82) is 0 Å². The van der Waals surface area contributed by atoms with Crippen LogP contribution in [0, 0.1) is 0 Å². The summed E-state index contributed by atoms with van der Waals surface area (Å²) >= 11 is 0. The average Bonchev–Trinajstić information content (AvgIpc) is 3.11. The molecule has 0 spiro atoms. The number of carbonyl (C=O) groups excluding carboxylic acids is 1. The fourth-order valence-corrected chi connectivity index (χ4v) is 6.30. The van der Waals surface area contributed by atoms with Gasteiger partial charge in [0.05, 0.1) is 6.42 Å². The quantitative estimate of drug-likeness (QED) is 0.0361. The van der Waals surface area contributed by atoms with Crippen molar-refractivity contribution in [2.75, 3.05) is 60.2 Å². The molecule has 0 saturated carbocycles. The maximum absolute atomic E-state index is 12.9. The first kappa shape index (κ1) is 49.0. The summed E-state index contributed by atoms with van der Waals surface area (Å²) in [7, 11) is 4.04.